The summed E-state index contributed by atoms with van der Waals surface area (Å²) in [4.78, 5) is 10.7. The van der Waals surface area contributed by atoms with E-state index in [-0.39, 0.29) is 0 Å². The van der Waals surface area contributed by atoms with Crippen molar-refractivity contribution in [1.82, 2.24) is 0 Å². The van der Waals surface area contributed by atoms with Crippen molar-refractivity contribution in [3.63, 3.8) is 0 Å². The smallest absolute Gasteiger partial charge is 0.328 e. The van der Waals surface area contributed by atoms with E-state index in [9.17, 15) is 4.79 Å². The second-order valence-electron chi connectivity index (χ2n) is 9.07. The summed E-state index contributed by atoms with van der Waals surface area (Å²) >= 11 is 0. The highest BCUT2D eigenvalue weighted by Gasteiger charge is 2.51. The van der Waals surface area contributed by atoms with E-state index in [4.69, 9.17) is 5.11 Å². The maximum Gasteiger partial charge on any atom is 0.328 e. The van der Waals surface area contributed by atoms with Crippen molar-refractivity contribution in [2.75, 3.05) is 0 Å². The summed E-state index contributed by atoms with van der Waals surface area (Å²) in [6.45, 7) is 0. The zero-order valence-electron chi connectivity index (χ0n) is 15.6. The van der Waals surface area contributed by atoms with Crippen LogP contribution in [0.2, 0.25) is 0 Å². The molecule has 0 atom stereocenters. The predicted molar refractivity (Wildman–Crippen MR) is 108 cm³/mol. The average Bonchev–Trinajstić information content (AvgIpc) is 2.66. The number of benzene rings is 2. The molecule has 4 saturated carbocycles. The van der Waals surface area contributed by atoms with Gasteiger partial charge in [-0.25, -0.2) is 4.79 Å². The van der Waals surface area contributed by atoms with Crippen LogP contribution in [-0.2, 0) is 10.2 Å². The maximum absolute atomic E-state index is 10.7. The van der Waals surface area contributed by atoms with Gasteiger partial charge in [0.15, 0.2) is 0 Å². The zero-order chi connectivity index (χ0) is 18.4. The first-order chi connectivity index (χ1) is 13.1. The molecule has 2 nitrogen and oxygen atoms in total. The Hall–Kier alpha value is -2.35. The number of aliphatic carboxylic acids is 1. The minimum absolute atomic E-state index is 0.426. The molecule has 2 aromatic carbocycles. The van der Waals surface area contributed by atoms with E-state index >= 15 is 0 Å². The summed E-state index contributed by atoms with van der Waals surface area (Å²) in [6.07, 6.45) is 11.4. The Bertz CT molecular complexity index is 856. The Morgan fingerprint density at radius 2 is 1.52 bits per heavy atom. The van der Waals surface area contributed by atoms with Gasteiger partial charge in [0.1, 0.15) is 0 Å². The van der Waals surface area contributed by atoms with Crippen molar-refractivity contribution in [3.8, 4) is 11.1 Å². The van der Waals surface area contributed by atoms with Gasteiger partial charge in [0.05, 0.1) is 0 Å². The van der Waals surface area contributed by atoms with Crippen LogP contribution in [0.1, 0.15) is 49.7 Å². The number of carbonyl (C=O) groups is 1. The van der Waals surface area contributed by atoms with Gasteiger partial charge < -0.3 is 5.11 Å². The average molecular weight is 358 g/mol. The van der Waals surface area contributed by atoms with Crippen LogP contribution in [-0.4, -0.2) is 11.1 Å². The fraction of sp³-hybridized carbons (Fsp3) is 0.400. The predicted octanol–water partition coefficient (Wildman–Crippen LogP) is 5.92. The molecule has 0 aromatic heterocycles. The molecular formula is C25H26O2. The molecule has 2 heteroatoms. The summed E-state index contributed by atoms with van der Waals surface area (Å²) in [7, 11) is 0. The second-order valence-corrected chi connectivity index (χ2v) is 9.07. The minimum atomic E-state index is -0.914. The van der Waals surface area contributed by atoms with Crippen LogP contribution in [0.15, 0.2) is 54.6 Å². The van der Waals surface area contributed by atoms with E-state index in [1.807, 2.05) is 12.1 Å². The third kappa shape index (κ3) is 3.12. The molecule has 0 radical (unpaired) electrons. The van der Waals surface area contributed by atoms with E-state index < -0.39 is 5.97 Å². The number of carboxylic acid groups (broad SMARTS) is 1. The molecule has 4 fully saturated rings. The lowest BCUT2D eigenvalue weighted by Gasteiger charge is -2.57. The van der Waals surface area contributed by atoms with E-state index in [0.717, 1.165) is 23.3 Å². The Balaban J connectivity index is 1.44. The lowest BCUT2D eigenvalue weighted by atomic mass is 9.48. The molecule has 4 bridgehead atoms. The van der Waals surface area contributed by atoms with E-state index in [1.165, 1.54) is 55.7 Å². The van der Waals surface area contributed by atoms with Gasteiger partial charge in [-0.2, -0.15) is 0 Å². The normalized spacial score (nSPS) is 31.5. The van der Waals surface area contributed by atoms with Crippen LogP contribution < -0.4 is 0 Å². The molecule has 138 valence electrons. The quantitative estimate of drug-likeness (QED) is 0.689. The first-order valence-corrected chi connectivity index (χ1v) is 10.2. The van der Waals surface area contributed by atoms with Crippen LogP contribution in [0.25, 0.3) is 17.2 Å². The molecular weight excluding hydrogens is 332 g/mol. The van der Waals surface area contributed by atoms with Gasteiger partial charge in [0.25, 0.3) is 0 Å². The van der Waals surface area contributed by atoms with Crippen molar-refractivity contribution in [3.05, 3.63) is 65.7 Å². The van der Waals surface area contributed by atoms with Crippen LogP contribution in [0, 0.1) is 17.8 Å². The Morgan fingerprint density at radius 3 is 2.11 bits per heavy atom. The standard InChI is InChI=1S/C25H26O2/c26-24(27)9-6-17-4-7-21(8-5-17)22-2-1-3-23(13-22)25-14-18-10-19(15-25)12-20(11-18)16-25/h1-9,13,18-20H,10-12,14-16H2,(H,26,27)/b9-6+. The van der Waals surface area contributed by atoms with Crippen LogP contribution in [0.5, 0.6) is 0 Å². The third-order valence-electron chi connectivity index (χ3n) is 7.18. The first-order valence-electron chi connectivity index (χ1n) is 10.2. The molecule has 27 heavy (non-hydrogen) atoms. The van der Waals surface area contributed by atoms with Gasteiger partial charge in [-0.1, -0.05) is 48.5 Å². The van der Waals surface area contributed by atoms with Crippen LogP contribution in [0.3, 0.4) is 0 Å². The number of rotatable bonds is 4. The molecule has 0 spiro atoms. The molecule has 0 aliphatic heterocycles. The molecule has 0 unspecified atom stereocenters. The van der Waals surface area contributed by atoms with Crippen molar-refractivity contribution in [2.45, 2.75) is 43.9 Å². The molecule has 0 saturated heterocycles. The lowest BCUT2D eigenvalue weighted by Crippen LogP contribution is -2.48. The lowest BCUT2D eigenvalue weighted by molar-refractivity contribution is -0.131. The molecule has 6 rings (SSSR count). The number of carboxylic acids is 1. The van der Waals surface area contributed by atoms with Crippen molar-refractivity contribution >= 4 is 12.0 Å². The summed E-state index contributed by atoms with van der Waals surface area (Å²) in [6, 6.07) is 17.4. The first kappa shape index (κ1) is 16.8. The van der Waals surface area contributed by atoms with Gasteiger partial charge in [0, 0.05) is 6.08 Å². The van der Waals surface area contributed by atoms with Crippen molar-refractivity contribution < 1.29 is 9.90 Å². The topological polar surface area (TPSA) is 37.3 Å². The highest BCUT2D eigenvalue weighted by Crippen LogP contribution is 2.60. The summed E-state index contributed by atoms with van der Waals surface area (Å²) in [5.74, 6) is 1.96. The highest BCUT2D eigenvalue weighted by atomic mass is 16.4. The van der Waals surface area contributed by atoms with Crippen molar-refractivity contribution in [1.29, 1.82) is 0 Å². The molecule has 2 aromatic rings. The van der Waals surface area contributed by atoms with E-state index in [0.29, 0.717) is 5.41 Å². The fourth-order valence-corrected chi connectivity index (χ4v) is 6.45. The number of hydrogen-bond donors (Lipinski definition) is 1. The van der Waals surface area contributed by atoms with Crippen LogP contribution >= 0.6 is 0 Å². The summed E-state index contributed by atoms with van der Waals surface area (Å²) < 4.78 is 0. The SMILES string of the molecule is O=C(O)/C=C/c1ccc(-c2cccc(C34CC5CC(CC(C5)C3)C4)c2)cc1. The Morgan fingerprint density at radius 1 is 0.889 bits per heavy atom. The highest BCUT2D eigenvalue weighted by molar-refractivity contribution is 5.85. The van der Waals surface area contributed by atoms with Crippen LogP contribution in [0.4, 0.5) is 0 Å². The van der Waals surface area contributed by atoms with Gasteiger partial charge in [-0.15, -0.1) is 0 Å². The minimum Gasteiger partial charge on any atom is -0.478 e. The summed E-state index contributed by atoms with van der Waals surface area (Å²) in [5, 5.41) is 8.77. The fourth-order valence-electron chi connectivity index (χ4n) is 6.45. The molecule has 0 heterocycles. The molecule has 4 aliphatic rings. The van der Waals surface area contributed by atoms with Crippen molar-refractivity contribution in [2.24, 2.45) is 17.8 Å². The Kier molecular flexibility index (Phi) is 3.96. The van der Waals surface area contributed by atoms with Gasteiger partial charge in [-0.05, 0) is 90.0 Å². The monoisotopic (exact) mass is 358 g/mol. The third-order valence-corrected chi connectivity index (χ3v) is 7.18. The maximum atomic E-state index is 10.7. The van der Waals surface area contributed by atoms with Gasteiger partial charge in [0.2, 0.25) is 0 Å². The molecule has 4 aliphatic carbocycles. The largest absolute Gasteiger partial charge is 0.478 e. The van der Waals surface area contributed by atoms with Gasteiger partial charge in [-0.3, -0.25) is 0 Å². The van der Waals surface area contributed by atoms with E-state index in [1.54, 1.807) is 11.6 Å². The Labute approximate surface area is 160 Å². The van der Waals surface area contributed by atoms with E-state index in [2.05, 4.69) is 36.4 Å². The molecule has 1 N–H and O–H groups in total. The molecule has 0 amide bonds. The second kappa shape index (κ2) is 6.37. The summed E-state index contributed by atoms with van der Waals surface area (Å²) in [5.41, 5.74) is 5.37. The zero-order valence-corrected chi connectivity index (χ0v) is 15.6. The number of hydrogen-bond acceptors (Lipinski definition) is 1. The van der Waals surface area contributed by atoms with Gasteiger partial charge >= 0.3 is 5.97 Å².